The maximum Gasteiger partial charge on any atom is 0.330 e. The van der Waals surface area contributed by atoms with Crippen molar-refractivity contribution >= 4 is 11.5 Å². The van der Waals surface area contributed by atoms with Gasteiger partial charge in [0.25, 0.3) is 5.56 Å². The molecule has 0 amide bonds. The molecule has 0 saturated heterocycles. The topological polar surface area (TPSA) is 102 Å². The number of nitrogens with two attached hydrogens (primary N) is 1. The van der Waals surface area contributed by atoms with E-state index < -0.39 is 11.2 Å². The Labute approximate surface area is 105 Å². The van der Waals surface area contributed by atoms with Gasteiger partial charge in [0.15, 0.2) is 0 Å². The molecular formula is C11H20N4O3. The molecule has 1 rings (SSSR count). The first-order chi connectivity index (χ1) is 8.47. The van der Waals surface area contributed by atoms with Crippen LogP contribution in [0.15, 0.2) is 9.59 Å². The minimum absolute atomic E-state index is 0.132. The standard InChI is InChI=1S/C11H20N4O3/c1-4-15-9(12)8(10(16)14-11(15)17)13-5-6-18-7(2)3/h7,13H,4-6,12H2,1-3H3,(H,14,16,17). The first-order valence-corrected chi connectivity index (χ1v) is 5.95. The van der Waals surface area contributed by atoms with Gasteiger partial charge in [-0.1, -0.05) is 0 Å². The van der Waals surface area contributed by atoms with Crippen LogP contribution in [0.2, 0.25) is 0 Å². The molecule has 0 bridgehead atoms. The summed E-state index contributed by atoms with van der Waals surface area (Å²) in [7, 11) is 0. The van der Waals surface area contributed by atoms with Gasteiger partial charge in [-0.05, 0) is 20.8 Å². The summed E-state index contributed by atoms with van der Waals surface area (Å²) >= 11 is 0. The molecule has 0 fully saturated rings. The number of anilines is 2. The minimum Gasteiger partial charge on any atom is -0.383 e. The summed E-state index contributed by atoms with van der Waals surface area (Å²) < 4.78 is 6.64. The van der Waals surface area contributed by atoms with E-state index >= 15 is 0 Å². The van der Waals surface area contributed by atoms with Crippen LogP contribution in [-0.4, -0.2) is 28.8 Å². The summed E-state index contributed by atoms with van der Waals surface area (Å²) in [6, 6.07) is 0. The number of H-pyrrole nitrogens is 1. The van der Waals surface area contributed by atoms with E-state index in [-0.39, 0.29) is 17.6 Å². The van der Waals surface area contributed by atoms with Crippen LogP contribution in [0.1, 0.15) is 20.8 Å². The number of aromatic amines is 1. The van der Waals surface area contributed by atoms with Crippen LogP contribution in [-0.2, 0) is 11.3 Å². The van der Waals surface area contributed by atoms with Crippen molar-refractivity contribution in [3.63, 3.8) is 0 Å². The average Bonchev–Trinajstić information content (AvgIpc) is 2.27. The highest BCUT2D eigenvalue weighted by molar-refractivity contribution is 5.60. The molecule has 1 heterocycles. The van der Waals surface area contributed by atoms with Gasteiger partial charge in [-0.2, -0.15) is 0 Å². The second-order valence-corrected chi connectivity index (χ2v) is 4.11. The Morgan fingerprint density at radius 2 is 2.11 bits per heavy atom. The number of ether oxygens (including phenoxy) is 1. The lowest BCUT2D eigenvalue weighted by molar-refractivity contribution is 0.0870. The normalized spacial score (nSPS) is 10.9. The highest BCUT2D eigenvalue weighted by Crippen LogP contribution is 2.08. The van der Waals surface area contributed by atoms with Crippen LogP contribution in [0.5, 0.6) is 0 Å². The molecule has 18 heavy (non-hydrogen) atoms. The van der Waals surface area contributed by atoms with Crippen molar-refractivity contribution in [2.24, 2.45) is 0 Å². The zero-order chi connectivity index (χ0) is 13.7. The molecule has 7 heteroatoms. The first-order valence-electron chi connectivity index (χ1n) is 5.95. The molecule has 7 nitrogen and oxygen atoms in total. The maximum absolute atomic E-state index is 11.6. The number of aromatic nitrogens is 2. The van der Waals surface area contributed by atoms with Gasteiger partial charge in [0.05, 0.1) is 12.7 Å². The van der Waals surface area contributed by atoms with Crippen molar-refractivity contribution < 1.29 is 4.74 Å². The fraction of sp³-hybridized carbons (Fsp3) is 0.636. The van der Waals surface area contributed by atoms with Gasteiger partial charge in [0.2, 0.25) is 0 Å². The highest BCUT2D eigenvalue weighted by Gasteiger charge is 2.10. The van der Waals surface area contributed by atoms with Crippen LogP contribution >= 0.6 is 0 Å². The predicted octanol–water partition coefficient (Wildman–Crippen LogP) is -0.0244. The van der Waals surface area contributed by atoms with Gasteiger partial charge in [0.1, 0.15) is 11.5 Å². The number of hydrogen-bond acceptors (Lipinski definition) is 5. The third kappa shape index (κ3) is 3.36. The number of hydrogen-bond donors (Lipinski definition) is 3. The highest BCUT2D eigenvalue weighted by atomic mass is 16.5. The van der Waals surface area contributed by atoms with E-state index in [0.717, 1.165) is 0 Å². The molecule has 0 saturated carbocycles. The SMILES string of the molecule is CCn1c(N)c(NCCOC(C)C)c(=O)[nH]c1=O. The van der Waals surface area contributed by atoms with Gasteiger partial charge in [0, 0.05) is 13.1 Å². The zero-order valence-corrected chi connectivity index (χ0v) is 10.9. The van der Waals surface area contributed by atoms with Gasteiger partial charge in [-0.3, -0.25) is 14.3 Å². The first kappa shape index (κ1) is 14.3. The molecule has 0 atom stereocenters. The predicted molar refractivity (Wildman–Crippen MR) is 71.0 cm³/mol. The third-order valence-electron chi connectivity index (χ3n) is 2.41. The van der Waals surface area contributed by atoms with E-state index in [1.54, 1.807) is 6.92 Å². The quantitative estimate of drug-likeness (QED) is 0.621. The lowest BCUT2D eigenvalue weighted by Gasteiger charge is -2.13. The van der Waals surface area contributed by atoms with Crippen molar-refractivity contribution in [3.8, 4) is 0 Å². The lowest BCUT2D eigenvalue weighted by atomic mass is 10.4. The molecule has 0 unspecified atom stereocenters. The summed E-state index contributed by atoms with van der Waals surface area (Å²) in [5, 5.41) is 2.89. The average molecular weight is 256 g/mol. The molecule has 1 aromatic rings. The number of nitrogens with zero attached hydrogens (tertiary/aromatic N) is 1. The van der Waals surface area contributed by atoms with Crippen LogP contribution in [0.25, 0.3) is 0 Å². The Hall–Kier alpha value is -1.76. The van der Waals surface area contributed by atoms with E-state index in [1.807, 2.05) is 13.8 Å². The van der Waals surface area contributed by atoms with Crippen LogP contribution in [0.3, 0.4) is 0 Å². The largest absolute Gasteiger partial charge is 0.383 e. The van der Waals surface area contributed by atoms with E-state index in [9.17, 15) is 9.59 Å². The summed E-state index contributed by atoms with van der Waals surface area (Å²) in [5.74, 6) is 0.149. The molecule has 0 aliphatic heterocycles. The third-order valence-corrected chi connectivity index (χ3v) is 2.41. The smallest absolute Gasteiger partial charge is 0.330 e. The van der Waals surface area contributed by atoms with Crippen LogP contribution < -0.4 is 22.3 Å². The molecule has 0 aliphatic rings. The van der Waals surface area contributed by atoms with Gasteiger partial charge in [-0.25, -0.2) is 4.79 Å². The van der Waals surface area contributed by atoms with E-state index in [1.165, 1.54) is 4.57 Å². The molecule has 102 valence electrons. The number of rotatable bonds is 6. The second kappa shape index (κ2) is 6.25. The summed E-state index contributed by atoms with van der Waals surface area (Å²) in [6.45, 7) is 6.95. The molecule has 4 N–H and O–H groups in total. The van der Waals surface area contributed by atoms with Crippen molar-refractivity contribution in [2.75, 3.05) is 24.2 Å². The van der Waals surface area contributed by atoms with E-state index in [0.29, 0.717) is 19.7 Å². The fourth-order valence-electron chi connectivity index (χ4n) is 1.54. The number of nitrogen functional groups attached to an aromatic ring is 1. The summed E-state index contributed by atoms with van der Waals surface area (Å²) in [5.41, 5.74) is 4.99. The Balaban J connectivity index is 2.83. The molecule has 0 spiro atoms. The minimum atomic E-state index is -0.508. The van der Waals surface area contributed by atoms with Gasteiger partial charge < -0.3 is 15.8 Å². The van der Waals surface area contributed by atoms with Gasteiger partial charge >= 0.3 is 5.69 Å². The molecule has 0 radical (unpaired) electrons. The van der Waals surface area contributed by atoms with E-state index in [2.05, 4.69) is 10.3 Å². The molecule has 0 aromatic carbocycles. The van der Waals surface area contributed by atoms with Crippen molar-refractivity contribution in [1.29, 1.82) is 0 Å². The van der Waals surface area contributed by atoms with Crippen LogP contribution in [0, 0.1) is 0 Å². The van der Waals surface area contributed by atoms with Crippen LogP contribution in [0.4, 0.5) is 11.5 Å². The summed E-state index contributed by atoms with van der Waals surface area (Å²) in [4.78, 5) is 25.3. The monoisotopic (exact) mass is 256 g/mol. The Morgan fingerprint density at radius 3 is 2.67 bits per heavy atom. The van der Waals surface area contributed by atoms with Crippen molar-refractivity contribution in [3.05, 3.63) is 20.8 Å². The zero-order valence-electron chi connectivity index (χ0n) is 10.9. The maximum atomic E-state index is 11.6. The van der Waals surface area contributed by atoms with Crippen molar-refractivity contribution in [1.82, 2.24) is 9.55 Å². The molecular weight excluding hydrogens is 236 g/mol. The Morgan fingerprint density at radius 1 is 1.44 bits per heavy atom. The summed E-state index contributed by atoms with van der Waals surface area (Å²) in [6.07, 6.45) is 0.132. The Kier molecular flexibility index (Phi) is 4.96. The van der Waals surface area contributed by atoms with E-state index in [4.69, 9.17) is 10.5 Å². The van der Waals surface area contributed by atoms with Crippen molar-refractivity contribution in [2.45, 2.75) is 33.4 Å². The molecule has 0 aliphatic carbocycles. The van der Waals surface area contributed by atoms with Gasteiger partial charge in [-0.15, -0.1) is 0 Å². The fourth-order valence-corrected chi connectivity index (χ4v) is 1.54. The lowest BCUT2D eigenvalue weighted by Crippen LogP contribution is -2.34. The Bertz CT molecular complexity index is 504. The second-order valence-electron chi connectivity index (χ2n) is 4.11. The molecule has 1 aromatic heterocycles. The number of nitrogens with one attached hydrogen (secondary N) is 2.